The van der Waals surface area contributed by atoms with Crippen LogP contribution in [0.1, 0.15) is 31.0 Å². The van der Waals surface area contributed by atoms with Crippen LogP contribution in [0, 0.1) is 12.7 Å². The monoisotopic (exact) mass is 342 g/mol. The molecule has 0 amide bonds. The van der Waals surface area contributed by atoms with Gasteiger partial charge in [0.15, 0.2) is 11.6 Å². The molecule has 0 aliphatic heterocycles. The van der Waals surface area contributed by atoms with Crippen molar-refractivity contribution in [3.05, 3.63) is 47.5 Å². The van der Waals surface area contributed by atoms with Crippen molar-refractivity contribution in [3.8, 4) is 0 Å². The fraction of sp³-hybridized carbons (Fsp3) is 0.400. The van der Waals surface area contributed by atoms with Gasteiger partial charge in [-0.25, -0.2) is 4.39 Å². The van der Waals surface area contributed by atoms with Crippen molar-refractivity contribution in [2.45, 2.75) is 26.6 Å². The van der Waals surface area contributed by atoms with Crippen LogP contribution >= 0.6 is 7.60 Å². The Balaban J connectivity index is 2.40. The highest BCUT2D eigenvalue weighted by molar-refractivity contribution is 7.54. The second-order valence-corrected chi connectivity index (χ2v) is 6.91. The maximum atomic E-state index is 13.2. The van der Waals surface area contributed by atoms with Gasteiger partial charge in [0.25, 0.3) is 0 Å². The molecule has 8 heteroatoms. The molecule has 1 N–H and O–H groups in total. The van der Waals surface area contributed by atoms with Crippen molar-refractivity contribution < 1.29 is 22.5 Å². The van der Waals surface area contributed by atoms with Crippen molar-refractivity contribution in [1.82, 2.24) is 5.16 Å². The Morgan fingerprint density at radius 2 is 1.87 bits per heavy atom. The minimum Gasteiger partial charge on any atom is -0.360 e. The van der Waals surface area contributed by atoms with Crippen LogP contribution in [0.5, 0.6) is 0 Å². The van der Waals surface area contributed by atoms with Gasteiger partial charge in [-0.15, -0.1) is 0 Å². The molecule has 0 bridgehead atoms. The predicted molar refractivity (Wildman–Crippen MR) is 84.9 cm³/mol. The van der Waals surface area contributed by atoms with E-state index in [9.17, 15) is 8.96 Å². The third kappa shape index (κ3) is 4.41. The van der Waals surface area contributed by atoms with Crippen LogP contribution in [0.25, 0.3) is 0 Å². The van der Waals surface area contributed by atoms with E-state index in [-0.39, 0.29) is 19.0 Å². The Morgan fingerprint density at radius 3 is 2.35 bits per heavy atom. The largest absolute Gasteiger partial charge is 0.360 e. The highest BCUT2D eigenvalue weighted by Gasteiger charge is 2.37. The zero-order chi connectivity index (χ0) is 16.9. The van der Waals surface area contributed by atoms with E-state index in [2.05, 4.69) is 10.5 Å². The van der Waals surface area contributed by atoms with Crippen molar-refractivity contribution in [2.75, 3.05) is 18.5 Å². The lowest BCUT2D eigenvalue weighted by Gasteiger charge is -2.27. The second kappa shape index (κ2) is 7.73. The lowest BCUT2D eigenvalue weighted by atomic mass is 10.2. The van der Waals surface area contributed by atoms with Gasteiger partial charge in [0.1, 0.15) is 11.6 Å². The first-order valence-corrected chi connectivity index (χ1v) is 8.93. The lowest BCUT2D eigenvalue weighted by molar-refractivity contribution is 0.214. The van der Waals surface area contributed by atoms with Gasteiger partial charge in [0.05, 0.1) is 13.2 Å². The van der Waals surface area contributed by atoms with Gasteiger partial charge in [0, 0.05) is 6.07 Å². The Hall–Kier alpha value is -1.69. The van der Waals surface area contributed by atoms with Crippen molar-refractivity contribution in [2.24, 2.45) is 0 Å². The SMILES string of the molecule is CCOP(=O)(OCC)C(Nc1cc(C)on1)c1ccc(F)cc1. The molecule has 1 atom stereocenters. The molecule has 2 aromatic rings. The summed E-state index contributed by atoms with van der Waals surface area (Å²) in [6.45, 7) is 5.64. The minimum absolute atomic E-state index is 0.217. The van der Waals surface area contributed by atoms with E-state index in [4.69, 9.17) is 13.6 Å². The summed E-state index contributed by atoms with van der Waals surface area (Å²) in [6, 6.07) is 7.31. The Labute approximate surface area is 134 Å². The van der Waals surface area contributed by atoms with Crippen LogP contribution in [0.2, 0.25) is 0 Å². The molecule has 23 heavy (non-hydrogen) atoms. The summed E-state index contributed by atoms with van der Waals surface area (Å²) in [5, 5.41) is 6.85. The van der Waals surface area contributed by atoms with Gasteiger partial charge in [-0.1, -0.05) is 17.3 Å². The van der Waals surface area contributed by atoms with E-state index >= 15 is 0 Å². The van der Waals surface area contributed by atoms with Crippen LogP contribution in [0.3, 0.4) is 0 Å². The van der Waals surface area contributed by atoms with E-state index < -0.39 is 13.4 Å². The van der Waals surface area contributed by atoms with E-state index in [1.165, 1.54) is 24.3 Å². The summed E-state index contributed by atoms with van der Waals surface area (Å²) in [4.78, 5) is 0. The topological polar surface area (TPSA) is 73.6 Å². The Kier molecular flexibility index (Phi) is 5.93. The van der Waals surface area contributed by atoms with Gasteiger partial charge in [-0.2, -0.15) is 0 Å². The molecule has 0 saturated carbocycles. The van der Waals surface area contributed by atoms with Crippen molar-refractivity contribution >= 4 is 13.4 Å². The van der Waals surface area contributed by atoms with Gasteiger partial charge < -0.3 is 18.9 Å². The summed E-state index contributed by atoms with van der Waals surface area (Å²) in [5.74, 6) is -0.204. The molecule has 6 nitrogen and oxygen atoms in total. The molecule has 0 aliphatic rings. The highest BCUT2D eigenvalue weighted by atomic mass is 31.2. The molecule has 0 saturated heterocycles. The summed E-state index contributed by atoms with van der Waals surface area (Å²) in [5.41, 5.74) is 0.567. The molecule has 1 aromatic heterocycles. The number of hydrogen-bond acceptors (Lipinski definition) is 6. The summed E-state index contributed by atoms with van der Waals surface area (Å²) in [6.07, 6.45) is 0. The fourth-order valence-electron chi connectivity index (χ4n) is 2.11. The molecule has 1 unspecified atom stereocenters. The number of hydrogen-bond donors (Lipinski definition) is 1. The molecule has 0 spiro atoms. The molecule has 0 fully saturated rings. The maximum absolute atomic E-state index is 13.2. The number of aryl methyl sites for hydroxylation is 1. The van der Waals surface area contributed by atoms with E-state index in [0.29, 0.717) is 17.1 Å². The maximum Gasteiger partial charge on any atom is 0.357 e. The van der Waals surface area contributed by atoms with E-state index in [1.807, 2.05) is 0 Å². The first-order valence-electron chi connectivity index (χ1n) is 7.32. The molecule has 126 valence electrons. The second-order valence-electron chi connectivity index (χ2n) is 4.80. The Morgan fingerprint density at radius 1 is 1.26 bits per heavy atom. The van der Waals surface area contributed by atoms with Gasteiger partial charge in [0.2, 0.25) is 0 Å². The molecular weight excluding hydrogens is 322 g/mol. The Bertz CT molecular complexity index is 664. The van der Waals surface area contributed by atoms with Crippen molar-refractivity contribution in [3.63, 3.8) is 0 Å². The van der Waals surface area contributed by atoms with Crippen LogP contribution in [0.4, 0.5) is 10.2 Å². The first-order chi connectivity index (χ1) is 11.0. The highest BCUT2D eigenvalue weighted by Crippen LogP contribution is 2.60. The molecule has 1 heterocycles. The minimum atomic E-state index is -3.54. The quantitative estimate of drug-likeness (QED) is 0.712. The standard InChI is InChI=1S/C15H20FN2O4P/c1-4-20-23(19,21-5-2)15(12-6-8-13(16)9-7-12)17-14-10-11(3)22-18-14/h6-10,15H,4-5H2,1-3H3,(H,17,18). The zero-order valence-electron chi connectivity index (χ0n) is 13.3. The molecule has 0 aliphatic carbocycles. The first kappa shape index (κ1) is 17.7. The smallest absolute Gasteiger partial charge is 0.357 e. The number of benzene rings is 1. The van der Waals surface area contributed by atoms with Crippen molar-refractivity contribution in [1.29, 1.82) is 0 Å². The number of nitrogens with zero attached hydrogens (tertiary/aromatic N) is 1. The lowest BCUT2D eigenvalue weighted by Crippen LogP contribution is -2.15. The number of anilines is 1. The van der Waals surface area contributed by atoms with Gasteiger partial charge in [-0.3, -0.25) is 4.57 Å². The predicted octanol–water partition coefficient (Wildman–Crippen LogP) is 4.50. The summed E-state index contributed by atoms with van der Waals surface area (Å²) < 4.78 is 42.2. The normalized spacial score (nSPS) is 13.0. The average Bonchev–Trinajstić information content (AvgIpc) is 2.92. The van der Waals surface area contributed by atoms with Gasteiger partial charge in [-0.05, 0) is 38.5 Å². The van der Waals surface area contributed by atoms with Crippen LogP contribution < -0.4 is 5.32 Å². The van der Waals surface area contributed by atoms with E-state index in [0.717, 1.165) is 0 Å². The van der Waals surface area contributed by atoms with Crippen LogP contribution in [-0.4, -0.2) is 18.4 Å². The average molecular weight is 342 g/mol. The van der Waals surface area contributed by atoms with Gasteiger partial charge >= 0.3 is 7.60 Å². The third-order valence-electron chi connectivity index (χ3n) is 3.03. The number of nitrogens with one attached hydrogen (secondary N) is 1. The van der Waals surface area contributed by atoms with Crippen LogP contribution in [0.15, 0.2) is 34.9 Å². The summed E-state index contributed by atoms with van der Waals surface area (Å²) in [7, 11) is -3.54. The number of halogens is 1. The molecular formula is C15H20FN2O4P. The number of rotatable bonds is 8. The molecule has 0 radical (unpaired) electrons. The number of aromatic nitrogens is 1. The molecule has 2 rings (SSSR count). The summed E-state index contributed by atoms with van der Waals surface area (Å²) >= 11 is 0. The third-order valence-corrected chi connectivity index (χ3v) is 5.33. The van der Waals surface area contributed by atoms with E-state index in [1.54, 1.807) is 26.8 Å². The zero-order valence-corrected chi connectivity index (χ0v) is 14.2. The molecule has 1 aromatic carbocycles. The fourth-order valence-corrected chi connectivity index (χ4v) is 4.03. The van der Waals surface area contributed by atoms with Crippen LogP contribution in [-0.2, 0) is 13.6 Å².